The minimum atomic E-state index is -0.0220. The number of rotatable bonds is 2. The van der Waals surface area contributed by atoms with E-state index in [0.29, 0.717) is 0 Å². The van der Waals surface area contributed by atoms with Crippen LogP contribution in [0, 0.1) is 6.92 Å². The van der Waals surface area contributed by atoms with E-state index in [4.69, 9.17) is 0 Å². The smallest absolute Gasteiger partial charge is 0.256 e. The van der Waals surface area contributed by atoms with Gasteiger partial charge in [0.25, 0.3) is 5.91 Å². The van der Waals surface area contributed by atoms with Crippen LogP contribution in [0.1, 0.15) is 42.6 Å². The van der Waals surface area contributed by atoms with Gasteiger partial charge in [-0.1, -0.05) is 11.6 Å². The SMILES string of the molecule is CNc1ccc(C)cc1C(=O)N1CCCC1(C)C. The van der Waals surface area contributed by atoms with Gasteiger partial charge in [-0.15, -0.1) is 0 Å². The Labute approximate surface area is 109 Å². The summed E-state index contributed by atoms with van der Waals surface area (Å²) in [5, 5.41) is 3.11. The van der Waals surface area contributed by atoms with E-state index in [-0.39, 0.29) is 11.4 Å². The molecule has 0 aromatic heterocycles. The van der Waals surface area contributed by atoms with Crippen LogP contribution in [0.15, 0.2) is 18.2 Å². The highest BCUT2D eigenvalue weighted by Crippen LogP contribution is 2.31. The zero-order valence-electron chi connectivity index (χ0n) is 11.7. The van der Waals surface area contributed by atoms with Gasteiger partial charge in [-0.25, -0.2) is 0 Å². The van der Waals surface area contributed by atoms with Crippen LogP contribution in [0.5, 0.6) is 0 Å². The summed E-state index contributed by atoms with van der Waals surface area (Å²) < 4.78 is 0. The molecule has 0 aliphatic carbocycles. The lowest BCUT2D eigenvalue weighted by molar-refractivity contribution is 0.0653. The van der Waals surface area contributed by atoms with Crippen molar-refractivity contribution in [1.82, 2.24) is 4.90 Å². The van der Waals surface area contributed by atoms with Gasteiger partial charge in [0.05, 0.1) is 5.56 Å². The highest BCUT2D eigenvalue weighted by atomic mass is 16.2. The second kappa shape index (κ2) is 4.63. The van der Waals surface area contributed by atoms with Crippen LogP contribution < -0.4 is 5.32 Å². The third-order valence-electron chi connectivity index (χ3n) is 3.82. The Balaban J connectivity index is 2.37. The van der Waals surface area contributed by atoms with E-state index in [9.17, 15) is 4.79 Å². The van der Waals surface area contributed by atoms with Crippen molar-refractivity contribution in [2.75, 3.05) is 18.9 Å². The monoisotopic (exact) mass is 246 g/mol. The summed E-state index contributed by atoms with van der Waals surface area (Å²) in [5.41, 5.74) is 2.79. The summed E-state index contributed by atoms with van der Waals surface area (Å²) in [6, 6.07) is 5.98. The first-order chi connectivity index (χ1) is 8.45. The molecule has 18 heavy (non-hydrogen) atoms. The van der Waals surface area contributed by atoms with Crippen molar-refractivity contribution in [3.8, 4) is 0 Å². The Bertz CT molecular complexity index is 466. The molecule has 2 rings (SSSR count). The summed E-state index contributed by atoms with van der Waals surface area (Å²) >= 11 is 0. The third kappa shape index (κ3) is 2.22. The van der Waals surface area contributed by atoms with Crippen molar-refractivity contribution in [2.45, 2.75) is 39.2 Å². The molecule has 1 amide bonds. The molecule has 1 fully saturated rings. The van der Waals surface area contributed by atoms with Crippen molar-refractivity contribution >= 4 is 11.6 Å². The third-order valence-corrected chi connectivity index (χ3v) is 3.82. The Kier molecular flexibility index (Phi) is 3.33. The molecule has 0 spiro atoms. The second-order valence-corrected chi connectivity index (χ2v) is 5.67. The molecule has 1 saturated heterocycles. The first kappa shape index (κ1) is 12.9. The number of nitrogens with zero attached hydrogens (tertiary/aromatic N) is 1. The van der Waals surface area contributed by atoms with Gasteiger partial charge in [-0.05, 0) is 45.7 Å². The maximum Gasteiger partial charge on any atom is 0.256 e. The van der Waals surface area contributed by atoms with Crippen LogP contribution >= 0.6 is 0 Å². The largest absolute Gasteiger partial charge is 0.387 e. The molecule has 1 heterocycles. The van der Waals surface area contributed by atoms with E-state index in [1.807, 2.05) is 37.1 Å². The Hall–Kier alpha value is -1.51. The summed E-state index contributed by atoms with van der Waals surface area (Å²) in [5.74, 6) is 0.144. The van der Waals surface area contributed by atoms with Crippen LogP contribution in [0.3, 0.4) is 0 Å². The summed E-state index contributed by atoms with van der Waals surface area (Å²) in [4.78, 5) is 14.7. The number of hydrogen-bond acceptors (Lipinski definition) is 2. The molecule has 98 valence electrons. The second-order valence-electron chi connectivity index (χ2n) is 5.67. The molecule has 0 unspecified atom stereocenters. The van der Waals surface area contributed by atoms with E-state index >= 15 is 0 Å². The average molecular weight is 246 g/mol. The zero-order valence-corrected chi connectivity index (χ0v) is 11.7. The molecule has 3 nitrogen and oxygen atoms in total. The molecule has 0 radical (unpaired) electrons. The predicted molar refractivity (Wildman–Crippen MR) is 75.1 cm³/mol. The minimum absolute atomic E-state index is 0.0220. The highest BCUT2D eigenvalue weighted by molar-refractivity contribution is 6.00. The van der Waals surface area contributed by atoms with Gasteiger partial charge in [-0.2, -0.15) is 0 Å². The van der Waals surface area contributed by atoms with Gasteiger partial charge < -0.3 is 10.2 Å². The Morgan fingerprint density at radius 3 is 2.67 bits per heavy atom. The van der Waals surface area contributed by atoms with Gasteiger partial charge >= 0.3 is 0 Å². The molecule has 0 bridgehead atoms. The molecule has 1 aromatic carbocycles. The molecule has 1 aliphatic rings. The first-order valence-corrected chi connectivity index (χ1v) is 6.56. The molecule has 3 heteroatoms. The number of aryl methyl sites for hydroxylation is 1. The van der Waals surface area contributed by atoms with Gasteiger partial charge in [0.2, 0.25) is 0 Å². The molecular weight excluding hydrogens is 224 g/mol. The number of nitrogens with one attached hydrogen (secondary N) is 1. The quantitative estimate of drug-likeness (QED) is 0.870. The van der Waals surface area contributed by atoms with Crippen LogP contribution in [-0.2, 0) is 0 Å². The van der Waals surface area contributed by atoms with Gasteiger partial charge in [0.15, 0.2) is 0 Å². The fourth-order valence-electron chi connectivity index (χ4n) is 2.68. The van der Waals surface area contributed by atoms with Crippen molar-refractivity contribution in [1.29, 1.82) is 0 Å². The van der Waals surface area contributed by atoms with Crippen molar-refractivity contribution in [2.24, 2.45) is 0 Å². The van der Waals surface area contributed by atoms with Crippen molar-refractivity contribution in [3.05, 3.63) is 29.3 Å². The van der Waals surface area contributed by atoms with E-state index < -0.39 is 0 Å². The van der Waals surface area contributed by atoms with Crippen LogP contribution in [-0.4, -0.2) is 29.9 Å². The summed E-state index contributed by atoms with van der Waals surface area (Å²) in [6.45, 7) is 7.17. The van der Waals surface area contributed by atoms with E-state index in [1.54, 1.807) is 0 Å². The first-order valence-electron chi connectivity index (χ1n) is 6.56. The topological polar surface area (TPSA) is 32.3 Å². The molecular formula is C15H22N2O. The van der Waals surface area contributed by atoms with E-state index in [2.05, 4.69) is 19.2 Å². The highest BCUT2D eigenvalue weighted by Gasteiger charge is 2.36. The van der Waals surface area contributed by atoms with Crippen LogP contribution in [0.4, 0.5) is 5.69 Å². The zero-order chi connectivity index (χ0) is 13.3. The number of carbonyl (C=O) groups is 1. The Morgan fingerprint density at radius 1 is 1.39 bits per heavy atom. The number of anilines is 1. The lowest BCUT2D eigenvalue weighted by atomic mass is 10.0. The molecule has 0 saturated carbocycles. The maximum atomic E-state index is 12.7. The fourth-order valence-corrected chi connectivity index (χ4v) is 2.68. The number of amides is 1. The molecule has 1 aromatic rings. The van der Waals surface area contributed by atoms with E-state index in [1.165, 1.54) is 0 Å². The predicted octanol–water partition coefficient (Wildman–Crippen LogP) is 3.05. The van der Waals surface area contributed by atoms with Gasteiger partial charge in [-0.3, -0.25) is 4.79 Å². The number of hydrogen-bond donors (Lipinski definition) is 1. The Morgan fingerprint density at radius 2 is 2.11 bits per heavy atom. The fraction of sp³-hybridized carbons (Fsp3) is 0.533. The molecule has 1 N–H and O–H groups in total. The molecule has 1 aliphatic heterocycles. The number of carbonyl (C=O) groups excluding carboxylic acids is 1. The molecule has 0 atom stereocenters. The standard InChI is InChI=1S/C15H22N2O/c1-11-6-7-13(16-4)12(10-11)14(18)17-9-5-8-15(17,2)3/h6-7,10,16H,5,8-9H2,1-4H3. The average Bonchev–Trinajstić information content (AvgIpc) is 2.68. The lowest BCUT2D eigenvalue weighted by Crippen LogP contribution is -2.42. The summed E-state index contributed by atoms with van der Waals surface area (Å²) in [6.07, 6.45) is 2.18. The number of likely N-dealkylation sites (tertiary alicyclic amines) is 1. The van der Waals surface area contributed by atoms with Crippen molar-refractivity contribution < 1.29 is 4.79 Å². The van der Waals surface area contributed by atoms with Gasteiger partial charge in [0.1, 0.15) is 0 Å². The lowest BCUT2D eigenvalue weighted by Gasteiger charge is -2.32. The van der Waals surface area contributed by atoms with E-state index in [0.717, 1.165) is 36.2 Å². The van der Waals surface area contributed by atoms with Gasteiger partial charge in [0, 0.05) is 24.8 Å². The number of benzene rings is 1. The van der Waals surface area contributed by atoms with Crippen LogP contribution in [0.2, 0.25) is 0 Å². The normalized spacial score (nSPS) is 17.9. The van der Waals surface area contributed by atoms with Crippen LogP contribution in [0.25, 0.3) is 0 Å². The maximum absolute atomic E-state index is 12.7. The summed E-state index contributed by atoms with van der Waals surface area (Å²) in [7, 11) is 1.86. The minimum Gasteiger partial charge on any atom is -0.387 e. The van der Waals surface area contributed by atoms with Crippen molar-refractivity contribution in [3.63, 3.8) is 0 Å².